The SMILES string of the molecule is Cc1cnc(CNCc2nc[nH]c2C)s1. The number of hydrogen-bond donors (Lipinski definition) is 2. The van der Waals surface area contributed by atoms with Gasteiger partial charge >= 0.3 is 0 Å². The molecule has 2 N–H and O–H groups in total. The number of nitrogens with one attached hydrogen (secondary N) is 2. The standard InChI is InChI=1S/C10H14N4S/c1-7-3-12-10(15-7)5-11-4-9-8(2)13-6-14-9/h3,6,11H,4-5H2,1-2H3,(H,13,14). The molecular formula is C10H14N4S. The van der Waals surface area contributed by atoms with Crippen LogP contribution >= 0.6 is 11.3 Å². The summed E-state index contributed by atoms with van der Waals surface area (Å²) in [6.07, 6.45) is 3.63. The van der Waals surface area contributed by atoms with Gasteiger partial charge in [0.25, 0.3) is 0 Å². The fourth-order valence-electron chi connectivity index (χ4n) is 1.34. The third-order valence-corrected chi connectivity index (χ3v) is 3.08. The van der Waals surface area contributed by atoms with E-state index in [0.717, 1.165) is 29.5 Å². The number of aromatic amines is 1. The van der Waals surface area contributed by atoms with Crippen LogP contribution in [0.25, 0.3) is 0 Å². The van der Waals surface area contributed by atoms with Gasteiger partial charge in [-0.3, -0.25) is 0 Å². The van der Waals surface area contributed by atoms with Crippen molar-refractivity contribution in [3.63, 3.8) is 0 Å². The number of aryl methyl sites for hydroxylation is 2. The monoisotopic (exact) mass is 222 g/mol. The number of imidazole rings is 1. The largest absolute Gasteiger partial charge is 0.348 e. The second kappa shape index (κ2) is 4.55. The molecule has 0 amide bonds. The summed E-state index contributed by atoms with van der Waals surface area (Å²) in [6, 6.07) is 0. The molecular weight excluding hydrogens is 208 g/mol. The minimum atomic E-state index is 0.786. The van der Waals surface area contributed by atoms with Gasteiger partial charge in [0, 0.05) is 29.9 Å². The van der Waals surface area contributed by atoms with Crippen LogP contribution in [0.5, 0.6) is 0 Å². The maximum absolute atomic E-state index is 4.28. The second-order valence-corrected chi connectivity index (χ2v) is 4.76. The van der Waals surface area contributed by atoms with E-state index in [2.05, 4.69) is 27.2 Å². The summed E-state index contributed by atoms with van der Waals surface area (Å²) in [5.74, 6) is 0. The fourth-order valence-corrected chi connectivity index (χ4v) is 2.09. The van der Waals surface area contributed by atoms with Gasteiger partial charge in [-0.2, -0.15) is 0 Å². The molecule has 0 saturated heterocycles. The number of aromatic nitrogens is 3. The van der Waals surface area contributed by atoms with Gasteiger partial charge in [-0.1, -0.05) is 0 Å². The molecule has 0 aliphatic carbocycles. The van der Waals surface area contributed by atoms with E-state index in [0.29, 0.717) is 0 Å². The third-order valence-electron chi connectivity index (χ3n) is 2.17. The molecule has 80 valence electrons. The van der Waals surface area contributed by atoms with Crippen molar-refractivity contribution in [3.05, 3.63) is 33.8 Å². The first kappa shape index (κ1) is 10.3. The quantitative estimate of drug-likeness (QED) is 0.829. The van der Waals surface area contributed by atoms with E-state index < -0.39 is 0 Å². The predicted molar refractivity (Wildman–Crippen MR) is 60.7 cm³/mol. The van der Waals surface area contributed by atoms with Crippen molar-refractivity contribution in [2.45, 2.75) is 26.9 Å². The highest BCUT2D eigenvalue weighted by Gasteiger charge is 2.01. The highest BCUT2D eigenvalue weighted by atomic mass is 32.1. The van der Waals surface area contributed by atoms with Crippen molar-refractivity contribution in [1.82, 2.24) is 20.3 Å². The summed E-state index contributed by atoms with van der Waals surface area (Å²) >= 11 is 1.73. The first-order valence-electron chi connectivity index (χ1n) is 4.86. The van der Waals surface area contributed by atoms with Gasteiger partial charge in [0.05, 0.1) is 12.0 Å². The number of hydrogen-bond acceptors (Lipinski definition) is 4. The fraction of sp³-hybridized carbons (Fsp3) is 0.400. The molecule has 5 heteroatoms. The van der Waals surface area contributed by atoms with Crippen molar-refractivity contribution in [2.24, 2.45) is 0 Å². The highest BCUT2D eigenvalue weighted by molar-refractivity contribution is 7.11. The van der Waals surface area contributed by atoms with Crippen LogP contribution in [0.3, 0.4) is 0 Å². The minimum Gasteiger partial charge on any atom is -0.348 e. The molecule has 2 aromatic heterocycles. The first-order valence-corrected chi connectivity index (χ1v) is 5.68. The van der Waals surface area contributed by atoms with E-state index >= 15 is 0 Å². The Morgan fingerprint density at radius 1 is 1.33 bits per heavy atom. The lowest BCUT2D eigenvalue weighted by Crippen LogP contribution is -2.13. The van der Waals surface area contributed by atoms with Crippen LogP contribution in [-0.4, -0.2) is 15.0 Å². The molecule has 0 fully saturated rings. The molecule has 2 rings (SSSR count). The molecule has 0 saturated carbocycles. The van der Waals surface area contributed by atoms with Crippen molar-refractivity contribution < 1.29 is 0 Å². The van der Waals surface area contributed by atoms with Crippen LogP contribution in [0.1, 0.15) is 21.3 Å². The lowest BCUT2D eigenvalue weighted by molar-refractivity contribution is 0.676. The summed E-state index contributed by atoms with van der Waals surface area (Å²) in [5, 5.41) is 4.45. The van der Waals surface area contributed by atoms with Crippen molar-refractivity contribution >= 4 is 11.3 Å². The van der Waals surface area contributed by atoms with Crippen LogP contribution in [0.2, 0.25) is 0 Å². The zero-order valence-electron chi connectivity index (χ0n) is 8.87. The van der Waals surface area contributed by atoms with E-state index in [1.807, 2.05) is 13.1 Å². The Bertz CT molecular complexity index is 432. The van der Waals surface area contributed by atoms with E-state index in [1.54, 1.807) is 17.7 Å². The summed E-state index contributed by atoms with van der Waals surface area (Å²) in [6.45, 7) is 5.69. The maximum atomic E-state index is 4.28. The van der Waals surface area contributed by atoms with Gasteiger partial charge in [0.2, 0.25) is 0 Å². The normalized spacial score (nSPS) is 10.8. The Labute approximate surface area is 92.8 Å². The topological polar surface area (TPSA) is 53.6 Å². The summed E-state index contributed by atoms with van der Waals surface area (Å²) in [7, 11) is 0. The maximum Gasteiger partial charge on any atom is 0.107 e. The second-order valence-electron chi connectivity index (χ2n) is 3.44. The summed E-state index contributed by atoms with van der Waals surface area (Å²) < 4.78 is 0. The Kier molecular flexibility index (Phi) is 3.13. The van der Waals surface area contributed by atoms with Gasteiger partial charge in [-0.15, -0.1) is 11.3 Å². The van der Waals surface area contributed by atoms with Crippen LogP contribution in [0, 0.1) is 13.8 Å². The average Bonchev–Trinajstić information content (AvgIpc) is 2.77. The molecule has 0 radical (unpaired) electrons. The van der Waals surface area contributed by atoms with Crippen molar-refractivity contribution in [3.8, 4) is 0 Å². The summed E-state index contributed by atoms with van der Waals surface area (Å²) in [4.78, 5) is 12.8. The summed E-state index contributed by atoms with van der Waals surface area (Å²) in [5.41, 5.74) is 2.20. The van der Waals surface area contributed by atoms with Gasteiger partial charge in [0.15, 0.2) is 0 Å². The molecule has 4 nitrogen and oxygen atoms in total. The zero-order valence-corrected chi connectivity index (χ0v) is 9.69. The molecule has 0 spiro atoms. The predicted octanol–water partition coefficient (Wildman–Crippen LogP) is 1.77. The molecule has 0 aromatic carbocycles. The Balaban J connectivity index is 1.83. The van der Waals surface area contributed by atoms with Crippen LogP contribution < -0.4 is 5.32 Å². The van der Waals surface area contributed by atoms with E-state index in [-0.39, 0.29) is 0 Å². The Hall–Kier alpha value is -1.20. The lowest BCUT2D eigenvalue weighted by Gasteiger charge is -2.00. The molecule has 0 atom stereocenters. The smallest absolute Gasteiger partial charge is 0.107 e. The molecule has 0 aliphatic heterocycles. The van der Waals surface area contributed by atoms with E-state index in [9.17, 15) is 0 Å². The van der Waals surface area contributed by atoms with Crippen molar-refractivity contribution in [2.75, 3.05) is 0 Å². The number of rotatable bonds is 4. The van der Waals surface area contributed by atoms with Crippen LogP contribution in [0.15, 0.2) is 12.5 Å². The number of H-pyrrole nitrogens is 1. The van der Waals surface area contributed by atoms with E-state index in [4.69, 9.17) is 0 Å². The molecule has 15 heavy (non-hydrogen) atoms. The average molecular weight is 222 g/mol. The van der Waals surface area contributed by atoms with Crippen LogP contribution in [-0.2, 0) is 13.1 Å². The highest BCUT2D eigenvalue weighted by Crippen LogP contribution is 2.10. The zero-order chi connectivity index (χ0) is 10.7. The first-order chi connectivity index (χ1) is 7.25. The Morgan fingerprint density at radius 2 is 2.20 bits per heavy atom. The molecule has 2 aromatic rings. The molecule has 0 bridgehead atoms. The van der Waals surface area contributed by atoms with Gasteiger partial charge < -0.3 is 10.3 Å². The Morgan fingerprint density at radius 3 is 2.80 bits per heavy atom. The molecule has 0 aliphatic rings. The third kappa shape index (κ3) is 2.64. The van der Waals surface area contributed by atoms with Gasteiger partial charge in [-0.25, -0.2) is 9.97 Å². The molecule has 2 heterocycles. The van der Waals surface area contributed by atoms with Gasteiger partial charge in [0.1, 0.15) is 5.01 Å². The van der Waals surface area contributed by atoms with Crippen molar-refractivity contribution in [1.29, 1.82) is 0 Å². The van der Waals surface area contributed by atoms with Gasteiger partial charge in [-0.05, 0) is 13.8 Å². The lowest BCUT2D eigenvalue weighted by atomic mass is 10.3. The molecule has 0 unspecified atom stereocenters. The van der Waals surface area contributed by atoms with Crippen LogP contribution in [0.4, 0.5) is 0 Å². The number of nitrogens with zero attached hydrogens (tertiary/aromatic N) is 2. The minimum absolute atomic E-state index is 0.786. The number of thiazole rings is 1. The van der Waals surface area contributed by atoms with E-state index in [1.165, 1.54) is 4.88 Å².